The molecule has 1 N–H and O–H groups in total. The van der Waals surface area contributed by atoms with Gasteiger partial charge < -0.3 is 5.11 Å². The highest BCUT2D eigenvalue weighted by atomic mass is 32.2. The zero-order valence-corrected chi connectivity index (χ0v) is 13.4. The highest BCUT2D eigenvalue weighted by molar-refractivity contribution is 7.91. The van der Waals surface area contributed by atoms with Crippen LogP contribution in [0.25, 0.3) is 0 Å². The third kappa shape index (κ3) is 4.32. The van der Waals surface area contributed by atoms with Crippen molar-refractivity contribution < 1.29 is 13.5 Å². The smallest absolute Gasteiger partial charge is 0.181 e. The lowest BCUT2D eigenvalue weighted by molar-refractivity contribution is 0.105. The first-order chi connectivity index (χ1) is 8.33. The molecule has 0 spiro atoms. The highest BCUT2D eigenvalue weighted by Gasteiger charge is 2.27. The third-order valence-corrected chi connectivity index (χ3v) is 5.13. The number of hydrogen-bond acceptors (Lipinski definition) is 3. The largest absolute Gasteiger partial charge is 0.389 e. The molecule has 0 bridgehead atoms. The number of benzene rings is 1. The maximum Gasteiger partial charge on any atom is 0.181 e. The van der Waals surface area contributed by atoms with Gasteiger partial charge in [-0.1, -0.05) is 32.9 Å². The van der Waals surface area contributed by atoms with Gasteiger partial charge in [-0.2, -0.15) is 0 Å². The lowest BCUT2D eigenvalue weighted by atomic mass is 9.87. The lowest BCUT2D eigenvalue weighted by Crippen LogP contribution is -2.30. The Hall–Kier alpha value is -0.870. The van der Waals surface area contributed by atoms with Gasteiger partial charge in [-0.05, 0) is 43.4 Å². The summed E-state index contributed by atoms with van der Waals surface area (Å²) in [5, 5.41) is 9.76. The van der Waals surface area contributed by atoms with Crippen LogP contribution in [0.2, 0.25) is 0 Å². The van der Waals surface area contributed by atoms with E-state index in [0.29, 0.717) is 4.90 Å². The summed E-state index contributed by atoms with van der Waals surface area (Å²) in [6.07, 6.45) is 0. The Labute approximate surface area is 116 Å². The van der Waals surface area contributed by atoms with E-state index in [1.165, 1.54) is 13.8 Å². The summed E-state index contributed by atoms with van der Waals surface area (Å²) in [6, 6.07) is 5.52. The molecule has 0 heterocycles. The van der Waals surface area contributed by atoms with Crippen molar-refractivity contribution in [3.8, 4) is 0 Å². The van der Waals surface area contributed by atoms with Crippen molar-refractivity contribution >= 4 is 9.84 Å². The molecule has 108 valence electrons. The van der Waals surface area contributed by atoms with Crippen LogP contribution in [0.5, 0.6) is 0 Å². The number of aryl methyl sites for hydroxylation is 1. The molecular formula is C15H24O3S. The first-order valence-corrected chi connectivity index (χ1v) is 8.04. The average Bonchev–Trinajstić information content (AvgIpc) is 2.11. The summed E-state index contributed by atoms with van der Waals surface area (Å²) in [5.74, 6) is -0.269. The molecule has 0 amide bonds. The molecule has 1 aromatic rings. The predicted molar refractivity (Wildman–Crippen MR) is 78.2 cm³/mol. The van der Waals surface area contributed by atoms with Crippen LogP contribution in [0.4, 0.5) is 0 Å². The lowest BCUT2D eigenvalue weighted by Gasteiger charge is -2.22. The van der Waals surface area contributed by atoms with E-state index in [0.717, 1.165) is 11.1 Å². The Morgan fingerprint density at radius 1 is 1.11 bits per heavy atom. The quantitative estimate of drug-likeness (QED) is 0.928. The Kier molecular flexibility index (Phi) is 4.18. The summed E-state index contributed by atoms with van der Waals surface area (Å²) in [4.78, 5) is 0.321. The Bertz CT molecular complexity index is 558. The fraction of sp³-hybridized carbons (Fsp3) is 0.600. The van der Waals surface area contributed by atoms with Gasteiger partial charge in [-0.15, -0.1) is 0 Å². The number of sulfone groups is 1. The molecule has 3 nitrogen and oxygen atoms in total. The molecule has 4 heteroatoms. The van der Waals surface area contributed by atoms with Gasteiger partial charge in [0.1, 0.15) is 0 Å². The van der Waals surface area contributed by atoms with Gasteiger partial charge in [-0.25, -0.2) is 8.42 Å². The summed E-state index contributed by atoms with van der Waals surface area (Å²) >= 11 is 0. The Balaban J connectivity index is 3.35. The van der Waals surface area contributed by atoms with E-state index >= 15 is 0 Å². The molecule has 0 aliphatic heterocycles. The fourth-order valence-electron chi connectivity index (χ4n) is 1.94. The standard InChI is InChI=1S/C15H24O3S/c1-11-7-8-12(14(2,3)4)9-13(11)19(17,18)10-15(5,6)16/h7-9,16H,10H2,1-6H3. The molecule has 0 fully saturated rings. The van der Waals surface area contributed by atoms with Gasteiger partial charge >= 0.3 is 0 Å². The minimum absolute atomic E-state index is 0.104. The second-order valence-electron chi connectivity index (χ2n) is 6.80. The topological polar surface area (TPSA) is 54.4 Å². The molecule has 0 aliphatic rings. The Morgan fingerprint density at radius 3 is 2.05 bits per heavy atom. The van der Waals surface area contributed by atoms with E-state index in [1.54, 1.807) is 13.0 Å². The van der Waals surface area contributed by atoms with Crippen LogP contribution >= 0.6 is 0 Å². The van der Waals surface area contributed by atoms with Gasteiger partial charge in [-0.3, -0.25) is 0 Å². The van der Waals surface area contributed by atoms with Gasteiger partial charge in [0, 0.05) is 0 Å². The fourth-order valence-corrected chi connectivity index (χ4v) is 3.90. The van der Waals surface area contributed by atoms with E-state index in [9.17, 15) is 13.5 Å². The number of rotatable bonds is 3. The average molecular weight is 284 g/mol. The maximum absolute atomic E-state index is 12.4. The monoisotopic (exact) mass is 284 g/mol. The molecule has 0 aliphatic carbocycles. The minimum atomic E-state index is -3.48. The van der Waals surface area contributed by atoms with Crippen molar-refractivity contribution in [2.45, 2.75) is 57.5 Å². The first kappa shape index (κ1) is 16.2. The molecule has 0 atom stereocenters. The summed E-state index contributed by atoms with van der Waals surface area (Å²) in [6.45, 7) is 10.9. The van der Waals surface area contributed by atoms with Crippen LogP contribution < -0.4 is 0 Å². The van der Waals surface area contributed by atoms with E-state index < -0.39 is 15.4 Å². The second-order valence-corrected chi connectivity index (χ2v) is 8.76. The van der Waals surface area contributed by atoms with Crippen LogP contribution in [-0.4, -0.2) is 24.9 Å². The van der Waals surface area contributed by atoms with Crippen molar-refractivity contribution in [3.05, 3.63) is 29.3 Å². The zero-order chi connectivity index (χ0) is 15.1. The predicted octanol–water partition coefficient (Wildman–Crippen LogP) is 2.84. The van der Waals surface area contributed by atoms with Crippen molar-refractivity contribution in [2.24, 2.45) is 0 Å². The molecule has 0 saturated carbocycles. The molecule has 0 saturated heterocycles. The normalized spacial score (nSPS) is 13.6. The van der Waals surface area contributed by atoms with Crippen LogP contribution in [0.1, 0.15) is 45.7 Å². The zero-order valence-electron chi connectivity index (χ0n) is 12.6. The first-order valence-electron chi connectivity index (χ1n) is 6.39. The molecule has 19 heavy (non-hydrogen) atoms. The van der Waals surface area contributed by atoms with Gasteiger partial charge in [0.05, 0.1) is 16.2 Å². The van der Waals surface area contributed by atoms with Crippen molar-refractivity contribution in [1.82, 2.24) is 0 Å². The van der Waals surface area contributed by atoms with Crippen LogP contribution in [0.3, 0.4) is 0 Å². The van der Waals surface area contributed by atoms with E-state index in [4.69, 9.17) is 0 Å². The Morgan fingerprint density at radius 2 is 1.63 bits per heavy atom. The third-order valence-electron chi connectivity index (χ3n) is 2.93. The van der Waals surface area contributed by atoms with Gasteiger partial charge in [0.2, 0.25) is 0 Å². The molecule has 0 radical (unpaired) electrons. The summed E-state index contributed by atoms with van der Waals surface area (Å²) in [5.41, 5.74) is 0.361. The van der Waals surface area contributed by atoms with Gasteiger partial charge in [0.15, 0.2) is 9.84 Å². The SMILES string of the molecule is Cc1ccc(C(C)(C)C)cc1S(=O)(=O)CC(C)(C)O. The highest BCUT2D eigenvalue weighted by Crippen LogP contribution is 2.28. The van der Waals surface area contributed by atoms with E-state index in [2.05, 4.69) is 0 Å². The summed E-state index contributed by atoms with van der Waals surface area (Å²) < 4.78 is 24.8. The maximum atomic E-state index is 12.4. The molecule has 1 rings (SSSR count). The summed E-state index contributed by atoms with van der Waals surface area (Å²) in [7, 11) is -3.48. The molecule has 1 aromatic carbocycles. The van der Waals surface area contributed by atoms with Crippen molar-refractivity contribution in [1.29, 1.82) is 0 Å². The minimum Gasteiger partial charge on any atom is -0.389 e. The van der Waals surface area contributed by atoms with Crippen LogP contribution in [0, 0.1) is 6.92 Å². The van der Waals surface area contributed by atoms with Crippen molar-refractivity contribution in [2.75, 3.05) is 5.75 Å². The van der Waals surface area contributed by atoms with Gasteiger partial charge in [0.25, 0.3) is 0 Å². The number of hydrogen-bond donors (Lipinski definition) is 1. The van der Waals surface area contributed by atoms with Crippen LogP contribution in [-0.2, 0) is 15.3 Å². The number of aliphatic hydroxyl groups is 1. The molecule has 0 aromatic heterocycles. The molecular weight excluding hydrogens is 260 g/mol. The molecule has 0 unspecified atom stereocenters. The van der Waals surface area contributed by atoms with E-state index in [1.807, 2.05) is 32.9 Å². The second kappa shape index (κ2) is 4.91. The van der Waals surface area contributed by atoms with Crippen molar-refractivity contribution in [3.63, 3.8) is 0 Å². The van der Waals surface area contributed by atoms with Crippen LogP contribution in [0.15, 0.2) is 23.1 Å². The van der Waals surface area contributed by atoms with E-state index in [-0.39, 0.29) is 11.2 Å².